The highest BCUT2D eigenvalue weighted by molar-refractivity contribution is 5.99. The number of amides is 1. The number of aromatic nitrogens is 1. The number of anilines is 1. The highest BCUT2D eigenvalue weighted by Gasteiger charge is 2.38. The average Bonchev–Trinajstić information content (AvgIpc) is 3.03. The molecule has 3 aromatic rings. The van der Waals surface area contributed by atoms with Crippen molar-refractivity contribution in [2.75, 3.05) is 18.5 Å². The maximum Gasteiger partial charge on any atom is 0.258 e. The summed E-state index contributed by atoms with van der Waals surface area (Å²) in [4.78, 5) is 19.5. The minimum absolute atomic E-state index is 0.0432. The fourth-order valence-corrected chi connectivity index (χ4v) is 3.63. The summed E-state index contributed by atoms with van der Waals surface area (Å²) < 4.78 is 11.5. The van der Waals surface area contributed by atoms with E-state index in [1.54, 1.807) is 17.2 Å². The molecule has 2 heterocycles. The molecule has 1 aliphatic rings. The summed E-state index contributed by atoms with van der Waals surface area (Å²) in [5.74, 6) is 1.40. The summed E-state index contributed by atoms with van der Waals surface area (Å²) in [7, 11) is 0. The molecule has 1 unspecified atom stereocenters. The first kappa shape index (κ1) is 19.8. The number of nitrogens with zero attached hydrogens (tertiary/aromatic N) is 2. The molecule has 0 bridgehead atoms. The van der Waals surface area contributed by atoms with E-state index >= 15 is 0 Å². The third-order valence-corrected chi connectivity index (χ3v) is 4.95. The van der Waals surface area contributed by atoms with E-state index < -0.39 is 6.17 Å². The lowest BCUT2D eigenvalue weighted by molar-refractivity contribution is 0.0727. The second-order valence-corrected chi connectivity index (χ2v) is 6.93. The Hall–Kier alpha value is -3.54. The van der Waals surface area contributed by atoms with Gasteiger partial charge in [0.25, 0.3) is 5.91 Å². The number of ether oxygens (including phenoxy) is 2. The lowest BCUT2D eigenvalue weighted by Crippen LogP contribution is -2.32. The molecule has 0 spiro atoms. The molecule has 6 heteroatoms. The first-order valence-corrected chi connectivity index (χ1v) is 10.2. The number of pyridine rings is 1. The van der Waals surface area contributed by atoms with Gasteiger partial charge in [-0.15, -0.1) is 0 Å². The van der Waals surface area contributed by atoms with Crippen molar-refractivity contribution in [3.63, 3.8) is 0 Å². The Morgan fingerprint density at radius 2 is 1.80 bits per heavy atom. The summed E-state index contributed by atoms with van der Waals surface area (Å²) >= 11 is 0. The van der Waals surface area contributed by atoms with Crippen molar-refractivity contribution in [3.05, 3.63) is 83.7 Å². The number of fused-ring (bicyclic) bond motifs is 1. The monoisotopic (exact) mass is 403 g/mol. The van der Waals surface area contributed by atoms with Gasteiger partial charge in [0, 0.05) is 18.8 Å². The van der Waals surface area contributed by atoms with E-state index in [9.17, 15) is 4.79 Å². The van der Waals surface area contributed by atoms with E-state index in [-0.39, 0.29) is 5.91 Å². The smallest absolute Gasteiger partial charge is 0.258 e. The van der Waals surface area contributed by atoms with E-state index in [4.69, 9.17) is 9.47 Å². The lowest BCUT2D eigenvalue weighted by Gasteiger charge is -2.27. The van der Waals surface area contributed by atoms with E-state index in [2.05, 4.69) is 10.3 Å². The normalized spacial score (nSPS) is 15.1. The van der Waals surface area contributed by atoms with Gasteiger partial charge in [0.2, 0.25) is 0 Å². The maximum atomic E-state index is 13.2. The maximum absolute atomic E-state index is 13.2. The summed E-state index contributed by atoms with van der Waals surface area (Å²) in [6.07, 6.45) is 1.30. The van der Waals surface area contributed by atoms with Crippen LogP contribution in [0.25, 0.3) is 0 Å². The second-order valence-electron chi connectivity index (χ2n) is 6.93. The molecule has 0 fully saturated rings. The van der Waals surface area contributed by atoms with Crippen LogP contribution in [0.4, 0.5) is 5.69 Å². The van der Waals surface area contributed by atoms with Crippen molar-refractivity contribution in [1.82, 2.24) is 9.88 Å². The van der Waals surface area contributed by atoms with Gasteiger partial charge in [-0.25, -0.2) is 0 Å². The Balaban J connectivity index is 1.71. The summed E-state index contributed by atoms with van der Waals surface area (Å²) in [5.41, 5.74) is 3.14. The van der Waals surface area contributed by atoms with Crippen LogP contribution in [0.15, 0.2) is 66.9 Å². The first-order chi connectivity index (χ1) is 14.7. The molecule has 4 rings (SSSR count). The molecule has 30 heavy (non-hydrogen) atoms. The van der Waals surface area contributed by atoms with Gasteiger partial charge >= 0.3 is 0 Å². The fraction of sp³-hybridized carbons (Fsp3) is 0.250. The minimum atomic E-state index is -0.412. The van der Waals surface area contributed by atoms with Crippen LogP contribution in [-0.2, 0) is 6.54 Å². The molecule has 1 aromatic heterocycles. The van der Waals surface area contributed by atoms with Gasteiger partial charge in [-0.3, -0.25) is 9.78 Å². The van der Waals surface area contributed by atoms with Crippen LogP contribution in [0.3, 0.4) is 0 Å². The van der Waals surface area contributed by atoms with E-state index in [0.717, 1.165) is 17.0 Å². The zero-order valence-corrected chi connectivity index (χ0v) is 17.2. The van der Waals surface area contributed by atoms with Gasteiger partial charge in [-0.2, -0.15) is 0 Å². The second kappa shape index (κ2) is 8.86. The number of hydrogen-bond acceptors (Lipinski definition) is 5. The van der Waals surface area contributed by atoms with Crippen LogP contribution in [0, 0.1) is 0 Å². The molecule has 1 atom stereocenters. The lowest BCUT2D eigenvalue weighted by atomic mass is 10.2. The number of carbonyl (C=O) groups is 1. The van der Waals surface area contributed by atoms with Crippen LogP contribution in [-0.4, -0.2) is 29.0 Å². The molecule has 1 amide bonds. The molecule has 0 saturated carbocycles. The highest BCUT2D eigenvalue weighted by Crippen LogP contribution is 2.38. The third kappa shape index (κ3) is 3.94. The van der Waals surface area contributed by atoms with Gasteiger partial charge in [0.1, 0.15) is 17.7 Å². The number of benzene rings is 2. The number of carbonyl (C=O) groups excluding carboxylic acids is 1. The van der Waals surface area contributed by atoms with Crippen molar-refractivity contribution in [1.29, 1.82) is 0 Å². The summed E-state index contributed by atoms with van der Waals surface area (Å²) in [5, 5.41) is 3.49. The van der Waals surface area contributed by atoms with E-state index in [0.29, 0.717) is 36.8 Å². The number of nitrogens with one attached hydrogen (secondary N) is 1. The van der Waals surface area contributed by atoms with Crippen LogP contribution in [0.5, 0.6) is 11.5 Å². The SMILES string of the molecule is CCOc1ccc(OCC)c(NC2c3ncccc3C(=O)N2Cc2ccccc2)c1. The standard InChI is InChI=1S/C24H25N3O3/c1-3-29-18-12-13-21(30-4-2)20(15-18)26-23-22-19(11-8-14-25-22)24(28)27(23)16-17-9-6-5-7-10-17/h5-15,23,26H,3-4,16H2,1-2H3. The van der Waals surface area contributed by atoms with Crippen molar-refractivity contribution < 1.29 is 14.3 Å². The molecular formula is C24H25N3O3. The average molecular weight is 403 g/mol. The zero-order valence-electron chi connectivity index (χ0n) is 17.2. The third-order valence-electron chi connectivity index (χ3n) is 4.95. The molecule has 1 N–H and O–H groups in total. The van der Waals surface area contributed by atoms with Gasteiger partial charge in [0.05, 0.1) is 30.2 Å². The van der Waals surface area contributed by atoms with Crippen molar-refractivity contribution in [2.45, 2.75) is 26.6 Å². The van der Waals surface area contributed by atoms with Crippen molar-refractivity contribution in [2.24, 2.45) is 0 Å². The van der Waals surface area contributed by atoms with E-state index in [1.165, 1.54) is 0 Å². The number of hydrogen-bond donors (Lipinski definition) is 1. The summed E-state index contributed by atoms with van der Waals surface area (Å²) in [6, 6.07) is 19.2. The Bertz CT molecular complexity index is 1020. The van der Waals surface area contributed by atoms with Crippen molar-refractivity contribution >= 4 is 11.6 Å². The first-order valence-electron chi connectivity index (χ1n) is 10.2. The van der Waals surface area contributed by atoms with Crippen LogP contribution >= 0.6 is 0 Å². The van der Waals surface area contributed by atoms with Crippen molar-refractivity contribution in [3.8, 4) is 11.5 Å². The molecule has 1 aliphatic heterocycles. The summed E-state index contributed by atoms with van der Waals surface area (Å²) in [6.45, 7) is 5.47. The Morgan fingerprint density at radius 3 is 2.57 bits per heavy atom. The molecule has 0 radical (unpaired) electrons. The molecule has 0 saturated heterocycles. The van der Waals surface area contributed by atoms with Crippen LogP contribution < -0.4 is 14.8 Å². The number of rotatable bonds is 8. The topological polar surface area (TPSA) is 63.7 Å². The molecule has 154 valence electrons. The van der Waals surface area contributed by atoms with E-state index in [1.807, 2.05) is 68.4 Å². The molecule has 0 aliphatic carbocycles. The largest absolute Gasteiger partial charge is 0.494 e. The van der Waals surface area contributed by atoms with Gasteiger partial charge < -0.3 is 19.7 Å². The Morgan fingerprint density at radius 1 is 1.00 bits per heavy atom. The fourth-order valence-electron chi connectivity index (χ4n) is 3.63. The minimum Gasteiger partial charge on any atom is -0.494 e. The van der Waals surface area contributed by atoms with Gasteiger partial charge in [-0.1, -0.05) is 30.3 Å². The highest BCUT2D eigenvalue weighted by atomic mass is 16.5. The van der Waals surface area contributed by atoms with Crippen LogP contribution in [0.2, 0.25) is 0 Å². The zero-order chi connectivity index (χ0) is 20.9. The Kier molecular flexibility index (Phi) is 5.84. The van der Waals surface area contributed by atoms with Gasteiger partial charge in [-0.05, 0) is 43.7 Å². The molecule has 2 aromatic carbocycles. The van der Waals surface area contributed by atoms with Crippen LogP contribution in [0.1, 0.15) is 41.6 Å². The Labute approximate surface area is 176 Å². The molecular weight excluding hydrogens is 378 g/mol. The predicted molar refractivity (Wildman–Crippen MR) is 116 cm³/mol. The van der Waals surface area contributed by atoms with Gasteiger partial charge in [0.15, 0.2) is 0 Å². The predicted octanol–water partition coefficient (Wildman–Crippen LogP) is 4.65. The molecule has 6 nitrogen and oxygen atoms in total. The quantitative estimate of drug-likeness (QED) is 0.593.